The van der Waals surface area contributed by atoms with Gasteiger partial charge in [-0.1, -0.05) is 13.3 Å². The lowest BCUT2D eigenvalue weighted by Gasteiger charge is -2.41. The summed E-state index contributed by atoms with van der Waals surface area (Å²) in [7, 11) is 0. The monoisotopic (exact) mass is 382 g/mol. The van der Waals surface area contributed by atoms with E-state index in [4.69, 9.17) is 0 Å². The van der Waals surface area contributed by atoms with Gasteiger partial charge >= 0.3 is 18.5 Å². The summed E-state index contributed by atoms with van der Waals surface area (Å²) in [4.78, 5) is 0. The summed E-state index contributed by atoms with van der Waals surface area (Å²) in [5.74, 6) is -5.78. The predicted octanol–water partition coefficient (Wildman–Crippen LogP) is 5.78. The Morgan fingerprint density at radius 2 is 1.52 bits per heavy atom. The number of hydrogen-bond donors (Lipinski definition) is 0. The molecule has 148 valence electrons. The van der Waals surface area contributed by atoms with Crippen LogP contribution in [0.4, 0.5) is 35.1 Å². The Morgan fingerprint density at radius 3 is 2.00 bits per heavy atom. The average molecular weight is 382 g/mol. The molecule has 2 aliphatic rings. The smallest absolute Gasteiger partial charge is 0.328 e. The van der Waals surface area contributed by atoms with E-state index in [1.165, 1.54) is 0 Å². The van der Waals surface area contributed by atoms with Gasteiger partial charge in [0.25, 0.3) is 0 Å². The largest absolute Gasteiger partial charge is 0.454 e. The molecule has 0 bridgehead atoms. The number of hydrogen-bond acceptors (Lipinski definition) is 1. The number of rotatable bonds is 4. The van der Waals surface area contributed by atoms with Crippen LogP contribution in [-0.2, 0) is 4.74 Å². The van der Waals surface area contributed by atoms with E-state index in [1.807, 2.05) is 6.92 Å². The van der Waals surface area contributed by atoms with Gasteiger partial charge in [0.05, 0.1) is 6.10 Å². The third-order valence-corrected chi connectivity index (χ3v) is 5.43. The first kappa shape index (κ1) is 20.7. The summed E-state index contributed by atoms with van der Waals surface area (Å²) in [5, 5.41) is 0. The molecule has 2 aliphatic carbocycles. The molecule has 0 spiro atoms. The minimum atomic E-state index is -5.97. The van der Waals surface area contributed by atoms with E-state index < -0.39 is 48.7 Å². The predicted molar refractivity (Wildman–Crippen MR) is 74.4 cm³/mol. The van der Waals surface area contributed by atoms with E-state index in [2.05, 4.69) is 4.74 Å². The van der Waals surface area contributed by atoms with Gasteiger partial charge in [-0.2, -0.15) is 17.6 Å². The van der Waals surface area contributed by atoms with Crippen molar-refractivity contribution in [2.45, 2.75) is 82.4 Å². The first-order valence-corrected chi connectivity index (χ1v) is 8.45. The molecule has 0 aromatic carbocycles. The van der Waals surface area contributed by atoms with Gasteiger partial charge < -0.3 is 4.74 Å². The maximum Gasteiger partial charge on any atom is 0.454 e. The van der Waals surface area contributed by atoms with Crippen LogP contribution in [0.25, 0.3) is 0 Å². The normalized spacial score (nSPS) is 40.1. The van der Waals surface area contributed by atoms with Crippen LogP contribution in [0.1, 0.15) is 45.4 Å². The highest BCUT2D eigenvalue weighted by molar-refractivity contribution is 4.92. The lowest BCUT2D eigenvalue weighted by atomic mass is 9.69. The highest BCUT2D eigenvalue weighted by Crippen LogP contribution is 2.46. The SMILES string of the molecule is CC1CCC(C2CCC(OC(F)(C(F)F)C(F)(F)F)C(F)C2)C(F)C1. The number of ether oxygens (including phenoxy) is 1. The van der Waals surface area contributed by atoms with Crippen molar-refractivity contribution in [1.29, 1.82) is 0 Å². The Balaban J connectivity index is 2.00. The van der Waals surface area contributed by atoms with E-state index in [1.54, 1.807) is 0 Å². The quantitative estimate of drug-likeness (QED) is 0.561. The Bertz CT molecular complexity index is 442. The van der Waals surface area contributed by atoms with Crippen molar-refractivity contribution in [3.8, 4) is 0 Å². The third-order valence-electron chi connectivity index (χ3n) is 5.43. The van der Waals surface area contributed by atoms with E-state index in [0.29, 0.717) is 12.8 Å². The second kappa shape index (κ2) is 7.56. The molecule has 25 heavy (non-hydrogen) atoms. The molecule has 0 heterocycles. The molecular weight excluding hydrogens is 360 g/mol. The molecule has 0 aromatic heterocycles. The molecule has 7 atom stereocenters. The van der Waals surface area contributed by atoms with Crippen LogP contribution in [0.5, 0.6) is 0 Å². The van der Waals surface area contributed by atoms with Crippen LogP contribution in [0.2, 0.25) is 0 Å². The second-order valence-corrected chi connectivity index (χ2v) is 7.29. The fraction of sp³-hybridized carbons (Fsp3) is 1.00. The van der Waals surface area contributed by atoms with E-state index in [-0.39, 0.29) is 25.2 Å². The lowest BCUT2D eigenvalue weighted by Crippen LogP contribution is -2.54. The van der Waals surface area contributed by atoms with Crippen LogP contribution >= 0.6 is 0 Å². The van der Waals surface area contributed by atoms with Crippen LogP contribution in [0, 0.1) is 17.8 Å². The van der Waals surface area contributed by atoms with Gasteiger partial charge in [0.15, 0.2) is 0 Å². The number of halogens is 8. The first-order chi connectivity index (χ1) is 11.5. The average Bonchev–Trinajstić information content (AvgIpc) is 2.48. The van der Waals surface area contributed by atoms with Gasteiger partial charge in [0.1, 0.15) is 12.3 Å². The van der Waals surface area contributed by atoms with Crippen molar-refractivity contribution < 1.29 is 39.9 Å². The maximum absolute atomic E-state index is 14.2. The lowest BCUT2D eigenvalue weighted by molar-refractivity contribution is -0.385. The van der Waals surface area contributed by atoms with Gasteiger partial charge in [0, 0.05) is 0 Å². The summed E-state index contributed by atoms with van der Waals surface area (Å²) < 4.78 is 109. The van der Waals surface area contributed by atoms with Crippen molar-refractivity contribution in [3.05, 3.63) is 0 Å². The first-order valence-electron chi connectivity index (χ1n) is 8.45. The Labute approximate surface area is 141 Å². The molecular formula is C16H22F8O. The van der Waals surface area contributed by atoms with E-state index in [9.17, 15) is 35.1 Å². The molecule has 0 aliphatic heterocycles. The van der Waals surface area contributed by atoms with Crippen LogP contribution < -0.4 is 0 Å². The summed E-state index contributed by atoms with van der Waals surface area (Å²) >= 11 is 0. The van der Waals surface area contributed by atoms with Crippen molar-refractivity contribution in [2.75, 3.05) is 0 Å². The summed E-state index contributed by atoms with van der Waals surface area (Å²) in [5.41, 5.74) is 0. The molecule has 7 unspecified atom stereocenters. The zero-order valence-electron chi connectivity index (χ0n) is 13.7. The Morgan fingerprint density at radius 1 is 0.880 bits per heavy atom. The Kier molecular flexibility index (Phi) is 6.27. The van der Waals surface area contributed by atoms with Gasteiger partial charge in [-0.3, -0.25) is 0 Å². The number of alkyl halides is 8. The van der Waals surface area contributed by atoms with Crippen molar-refractivity contribution in [3.63, 3.8) is 0 Å². The molecule has 0 radical (unpaired) electrons. The van der Waals surface area contributed by atoms with Gasteiger partial charge in [-0.25, -0.2) is 17.6 Å². The van der Waals surface area contributed by atoms with Crippen molar-refractivity contribution >= 4 is 0 Å². The topological polar surface area (TPSA) is 9.23 Å². The molecule has 0 amide bonds. The van der Waals surface area contributed by atoms with Gasteiger partial charge in [-0.05, 0) is 49.9 Å². The minimum Gasteiger partial charge on any atom is -0.328 e. The standard InChI is InChI=1S/C16H22F8O/c1-8-2-4-10(11(17)6-8)9-3-5-13(12(18)7-9)25-15(21,14(19)20)16(22,23)24/h8-14H,2-7H2,1H3. The molecule has 2 rings (SSSR count). The fourth-order valence-electron chi connectivity index (χ4n) is 3.97. The molecule has 1 nitrogen and oxygen atoms in total. The third kappa shape index (κ3) is 4.39. The molecule has 0 N–H and O–H groups in total. The van der Waals surface area contributed by atoms with Gasteiger partial charge in [0.2, 0.25) is 0 Å². The van der Waals surface area contributed by atoms with Gasteiger partial charge in [-0.15, -0.1) is 0 Å². The molecule has 9 heteroatoms. The highest BCUT2D eigenvalue weighted by Gasteiger charge is 2.66. The Hall–Kier alpha value is -0.600. The van der Waals surface area contributed by atoms with Crippen LogP contribution in [0.15, 0.2) is 0 Å². The molecule has 0 saturated heterocycles. The van der Waals surface area contributed by atoms with Crippen LogP contribution in [0.3, 0.4) is 0 Å². The molecule has 0 aromatic rings. The van der Waals surface area contributed by atoms with E-state index in [0.717, 1.165) is 6.42 Å². The van der Waals surface area contributed by atoms with Crippen LogP contribution in [-0.4, -0.2) is 36.9 Å². The fourth-order valence-corrected chi connectivity index (χ4v) is 3.97. The van der Waals surface area contributed by atoms with Crippen molar-refractivity contribution in [1.82, 2.24) is 0 Å². The molecule has 2 saturated carbocycles. The second-order valence-electron chi connectivity index (χ2n) is 7.29. The zero-order valence-corrected chi connectivity index (χ0v) is 13.7. The molecule has 2 fully saturated rings. The zero-order chi connectivity index (χ0) is 19.0. The minimum absolute atomic E-state index is 0.127. The maximum atomic E-state index is 14.2. The van der Waals surface area contributed by atoms with E-state index >= 15 is 0 Å². The highest BCUT2D eigenvalue weighted by atomic mass is 19.4. The summed E-state index contributed by atoms with van der Waals surface area (Å²) in [6.45, 7) is 1.91. The summed E-state index contributed by atoms with van der Waals surface area (Å²) in [6, 6.07) is 0. The van der Waals surface area contributed by atoms with Crippen molar-refractivity contribution in [2.24, 2.45) is 17.8 Å². The summed E-state index contributed by atoms with van der Waals surface area (Å²) in [6.07, 6.45) is -14.4.